The highest BCUT2D eigenvalue weighted by Gasteiger charge is 2.32. The number of hydrogen-bond acceptors (Lipinski definition) is 2. The maximum absolute atomic E-state index is 13.3. The van der Waals surface area contributed by atoms with E-state index >= 15 is 0 Å². The number of carbonyl (C=O) groups excluding carboxylic acids is 1. The van der Waals surface area contributed by atoms with E-state index in [1.165, 1.54) is 24.0 Å². The summed E-state index contributed by atoms with van der Waals surface area (Å²) in [6.07, 6.45) is 8.22. The molecule has 0 radical (unpaired) electrons. The van der Waals surface area contributed by atoms with Crippen LogP contribution in [0.3, 0.4) is 0 Å². The van der Waals surface area contributed by atoms with Crippen LogP contribution in [0.2, 0.25) is 0 Å². The fraction of sp³-hybridized carbons (Fsp3) is 0.500. The van der Waals surface area contributed by atoms with Crippen molar-refractivity contribution < 1.29 is 4.79 Å². The number of carbonyl (C=O) groups is 1. The highest BCUT2D eigenvalue weighted by molar-refractivity contribution is 5.83. The van der Waals surface area contributed by atoms with E-state index in [1.807, 2.05) is 0 Å². The van der Waals surface area contributed by atoms with Crippen LogP contribution in [0.25, 0.3) is 0 Å². The minimum absolute atomic E-state index is 0.158. The first-order chi connectivity index (χ1) is 14.2. The first-order valence-corrected chi connectivity index (χ1v) is 11.3. The summed E-state index contributed by atoms with van der Waals surface area (Å²) in [5.41, 5.74) is 3.80. The lowest BCUT2D eigenvalue weighted by Gasteiger charge is -2.37. The predicted molar refractivity (Wildman–Crippen MR) is 119 cm³/mol. The van der Waals surface area contributed by atoms with E-state index < -0.39 is 0 Å². The van der Waals surface area contributed by atoms with E-state index in [0.717, 1.165) is 50.8 Å². The van der Waals surface area contributed by atoms with Gasteiger partial charge in [0.15, 0.2) is 0 Å². The molecule has 1 amide bonds. The van der Waals surface area contributed by atoms with Gasteiger partial charge in [0.25, 0.3) is 0 Å². The summed E-state index contributed by atoms with van der Waals surface area (Å²) in [4.78, 5) is 15.7. The molecule has 1 N–H and O–H groups in total. The largest absolute Gasteiger partial charge is 0.352 e. The van der Waals surface area contributed by atoms with Crippen LogP contribution >= 0.6 is 0 Å². The van der Waals surface area contributed by atoms with Crippen molar-refractivity contribution in [1.82, 2.24) is 10.2 Å². The Bertz CT molecular complexity index is 772. The standard InChI is InChI=1S/C26H34N2O/c1-20-11-13-23(14-12-20)25(26(29)27-24-9-5-6-10-24)28-17-15-22(16-18-28)19-21-7-3-2-4-8-21/h2-4,7-8,11-14,22,24-25H,5-6,9-10,15-19H2,1H3,(H,27,29). The van der Waals surface area contributed by atoms with Gasteiger partial charge in [-0.3, -0.25) is 9.69 Å². The van der Waals surface area contributed by atoms with Gasteiger partial charge in [0.1, 0.15) is 6.04 Å². The molecule has 4 rings (SSSR count). The van der Waals surface area contributed by atoms with Gasteiger partial charge < -0.3 is 5.32 Å². The van der Waals surface area contributed by atoms with Crippen LogP contribution in [-0.4, -0.2) is 29.9 Å². The van der Waals surface area contributed by atoms with Gasteiger partial charge in [0.05, 0.1) is 0 Å². The van der Waals surface area contributed by atoms with Crippen LogP contribution in [0.5, 0.6) is 0 Å². The lowest BCUT2D eigenvalue weighted by molar-refractivity contribution is -0.128. The molecule has 3 heteroatoms. The third kappa shape index (κ3) is 5.27. The third-order valence-corrected chi connectivity index (χ3v) is 6.72. The Morgan fingerprint density at radius 2 is 1.62 bits per heavy atom. The molecule has 1 atom stereocenters. The topological polar surface area (TPSA) is 32.3 Å². The van der Waals surface area contributed by atoms with Crippen LogP contribution in [0, 0.1) is 12.8 Å². The number of piperidine rings is 1. The molecule has 0 spiro atoms. The second-order valence-electron chi connectivity index (χ2n) is 8.97. The molecule has 0 bridgehead atoms. The first-order valence-electron chi connectivity index (χ1n) is 11.3. The third-order valence-electron chi connectivity index (χ3n) is 6.72. The Morgan fingerprint density at radius 1 is 0.966 bits per heavy atom. The Balaban J connectivity index is 1.43. The molecule has 1 unspecified atom stereocenters. The fourth-order valence-corrected chi connectivity index (χ4v) is 4.99. The summed E-state index contributed by atoms with van der Waals surface area (Å²) in [6.45, 7) is 4.09. The summed E-state index contributed by atoms with van der Waals surface area (Å²) in [5.74, 6) is 0.910. The van der Waals surface area contributed by atoms with Gasteiger partial charge in [-0.15, -0.1) is 0 Å². The molecular formula is C26H34N2O. The SMILES string of the molecule is Cc1ccc(C(C(=O)NC2CCCC2)N2CCC(Cc3ccccc3)CC2)cc1. The van der Waals surface area contributed by atoms with E-state index in [9.17, 15) is 4.79 Å². The predicted octanol–water partition coefficient (Wildman–Crippen LogP) is 5.05. The van der Waals surface area contributed by atoms with E-state index in [0.29, 0.717) is 12.0 Å². The number of amides is 1. The van der Waals surface area contributed by atoms with Crippen molar-refractivity contribution in [3.8, 4) is 0 Å². The molecule has 1 aliphatic carbocycles. The van der Waals surface area contributed by atoms with Gasteiger partial charge >= 0.3 is 0 Å². The van der Waals surface area contributed by atoms with Gasteiger partial charge in [-0.05, 0) is 69.2 Å². The molecule has 2 aromatic carbocycles. The van der Waals surface area contributed by atoms with E-state index in [2.05, 4.69) is 71.7 Å². The molecular weight excluding hydrogens is 356 g/mol. The molecule has 1 saturated carbocycles. The van der Waals surface area contributed by atoms with Crippen LogP contribution in [0.4, 0.5) is 0 Å². The van der Waals surface area contributed by atoms with Crippen LogP contribution < -0.4 is 5.32 Å². The average molecular weight is 391 g/mol. The zero-order valence-electron chi connectivity index (χ0n) is 17.6. The van der Waals surface area contributed by atoms with Crippen molar-refractivity contribution in [2.24, 2.45) is 5.92 Å². The van der Waals surface area contributed by atoms with Crippen molar-refractivity contribution >= 4 is 5.91 Å². The minimum Gasteiger partial charge on any atom is -0.352 e. The van der Waals surface area contributed by atoms with Gasteiger partial charge in [-0.1, -0.05) is 73.0 Å². The van der Waals surface area contributed by atoms with E-state index in [4.69, 9.17) is 0 Å². The van der Waals surface area contributed by atoms with Gasteiger partial charge in [-0.25, -0.2) is 0 Å². The second-order valence-corrected chi connectivity index (χ2v) is 8.97. The Morgan fingerprint density at radius 3 is 2.28 bits per heavy atom. The monoisotopic (exact) mass is 390 g/mol. The Labute approximate surface area is 175 Å². The average Bonchev–Trinajstić information content (AvgIpc) is 3.25. The number of nitrogens with one attached hydrogen (secondary N) is 1. The van der Waals surface area contributed by atoms with Crippen molar-refractivity contribution in [2.75, 3.05) is 13.1 Å². The summed E-state index contributed by atoms with van der Waals surface area (Å²) in [7, 11) is 0. The number of aryl methyl sites for hydroxylation is 1. The molecule has 29 heavy (non-hydrogen) atoms. The zero-order valence-corrected chi connectivity index (χ0v) is 17.6. The maximum Gasteiger partial charge on any atom is 0.242 e. The highest BCUT2D eigenvalue weighted by Crippen LogP contribution is 2.30. The van der Waals surface area contributed by atoms with Gasteiger partial charge in [-0.2, -0.15) is 0 Å². The van der Waals surface area contributed by atoms with Crippen LogP contribution in [0.1, 0.15) is 61.3 Å². The van der Waals surface area contributed by atoms with Crippen molar-refractivity contribution in [3.63, 3.8) is 0 Å². The molecule has 2 aliphatic rings. The van der Waals surface area contributed by atoms with Crippen molar-refractivity contribution in [1.29, 1.82) is 0 Å². The number of hydrogen-bond donors (Lipinski definition) is 1. The van der Waals surface area contributed by atoms with E-state index in [-0.39, 0.29) is 11.9 Å². The Kier molecular flexibility index (Phi) is 6.66. The zero-order chi connectivity index (χ0) is 20.1. The second kappa shape index (κ2) is 9.58. The number of rotatable bonds is 6. The molecule has 0 aromatic heterocycles. The molecule has 1 aliphatic heterocycles. The molecule has 2 fully saturated rings. The van der Waals surface area contributed by atoms with Crippen molar-refractivity contribution in [2.45, 2.75) is 64.0 Å². The van der Waals surface area contributed by atoms with Crippen LogP contribution in [0.15, 0.2) is 54.6 Å². The molecule has 1 saturated heterocycles. The van der Waals surface area contributed by atoms with Gasteiger partial charge in [0.2, 0.25) is 5.91 Å². The molecule has 154 valence electrons. The number of nitrogens with zero attached hydrogens (tertiary/aromatic N) is 1. The number of benzene rings is 2. The van der Waals surface area contributed by atoms with E-state index in [1.54, 1.807) is 0 Å². The molecule has 2 aromatic rings. The quantitative estimate of drug-likeness (QED) is 0.749. The summed E-state index contributed by atoms with van der Waals surface area (Å²) >= 11 is 0. The highest BCUT2D eigenvalue weighted by atomic mass is 16.2. The van der Waals surface area contributed by atoms with Crippen molar-refractivity contribution in [3.05, 3.63) is 71.3 Å². The summed E-state index contributed by atoms with van der Waals surface area (Å²) in [6, 6.07) is 19.6. The lowest BCUT2D eigenvalue weighted by Crippen LogP contribution is -2.46. The first kappa shape index (κ1) is 20.2. The lowest BCUT2D eigenvalue weighted by atomic mass is 9.88. The smallest absolute Gasteiger partial charge is 0.242 e. The molecule has 1 heterocycles. The maximum atomic E-state index is 13.3. The van der Waals surface area contributed by atoms with Crippen LogP contribution in [-0.2, 0) is 11.2 Å². The normalized spacial score (nSPS) is 19.9. The fourth-order valence-electron chi connectivity index (χ4n) is 4.99. The van der Waals surface area contributed by atoms with Gasteiger partial charge in [0, 0.05) is 6.04 Å². The molecule has 3 nitrogen and oxygen atoms in total. The number of likely N-dealkylation sites (tertiary alicyclic amines) is 1. The minimum atomic E-state index is -0.158. The Hall–Kier alpha value is -2.13. The summed E-state index contributed by atoms with van der Waals surface area (Å²) < 4.78 is 0. The summed E-state index contributed by atoms with van der Waals surface area (Å²) in [5, 5.41) is 3.36.